The predicted octanol–water partition coefficient (Wildman–Crippen LogP) is 2.47. The van der Waals surface area contributed by atoms with E-state index in [1.54, 1.807) is 0 Å². The molecule has 1 atom stereocenters. The molecule has 0 bridgehead atoms. The largest absolute Gasteiger partial charge is 0.340 e. The SMILES string of the molecule is CC(C)(C)C1C(=O)NC2(CCCC2)C(=O)N1CCC1CC1. The minimum atomic E-state index is -0.581. The average Bonchev–Trinajstić information content (AvgIpc) is 3.10. The highest BCUT2D eigenvalue weighted by Crippen LogP contribution is 2.39. The normalized spacial score (nSPS) is 29.1. The summed E-state index contributed by atoms with van der Waals surface area (Å²) in [4.78, 5) is 27.7. The van der Waals surface area contributed by atoms with E-state index >= 15 is 0 Å². The maximum atomic E-state index is 13.1. The summed E-state index contributed by atoms with van der Waals surface area (Å²) in [5, 5.41) is 3.10. The maximum Gasteiger partial charge on any atom is 0.249 e. The summed E-state index contributed by atoms with van der Waals surface area (Å²) in [5.41, 5.74) is -0.800. The van der Waals surface area contributed by atoms with Gasteiger partial charge in [0.05, 0.1) is 0 Å². The number of nitrogens with zero attached hydrogens (tertiary/aromatic N) is 1. The lowest BCUT2D eigenvalue weighted by Gasteiger charge is -2.48. The van der Waals surface area contributed by atoms with Crippen LogP contribution in [0.1, 0.15) is 65.7 Å². The summed E-state index contributed by atoms with van der Waals surface area (Å²) in [6, 6.07) is -0.324. The minimum Gasteiger partial charge on any atom is -0.340 e. The molecule has 1 spiro atoms. The van der Waals surface area contributed by atoms with E-state index in [-0.39, 0.29) is 23.3 Å². The number of piperazine rings is 1. The fraction of sp³-hybridized carbons (Fsp3) is 0.882. The summed E-state index contributed by atoms with van der Waals surface area (Å²) < 4.78 is 0. The monoisotopic (exact) mass is 292 g/mol. The Hall–Kier alpha value is -1.06. The molecule has 0 radical (unpaired) electrons. The first-order valence-corrected chi connectivity index (χ1v) is 8.47. The van der Waals surface area contributed by atoms with Gasteiger partial charge in [-0.3, -0.25) is 9.59 Å². The van der Waals surface area contributed by atoms with Gasteiger partial charge in [-0.2, -0.15) is 0 Å². The van der Waals surface area contributed by atoms with Crippen molar-refractivity contribution in [2.45, 2.75) is 77.3 Å². The molecule has 1 saturated heterocycles. The summed E-state index contributed by atoms with van der Waals surface area (Å²) >= 11 is 0. The molecule has 118 valence electrons. The molecule has 1 heterocycles. The molecule has 1 N–H and O–H groups in total. The average molecular weight is 292 g/mol. The van der Waals surface area contributed by atoms with Crippen molar-refractivity contribution in [2.24, 2.45) is 11.3 Å². The van der Waals surface area contributed by atoms with Crippen molar-refractivity contribution in [1.82, 2.24) is 10.2 Å². The van der Waals surface area contributed by atoms with E-state index in [4.69, 9.17) is 0 Å². The standard InChI is InChI=1S/C17H28N2O2/c1-16(2,3)13-14(20)18-17(9-4-5-10-17)15(21)19(13)11-8-12-6-7-12/h12-13H,4-11H2,1-3H3,(H,18,20). The zero-order valence-electron chi connectivity index (χ0n) is 13.6. The van der Waals surface area contributed by atoms with Crippen LogP contribution in [-0.2, 0) is 9.59 Å². The molecule has 0 aromatic carbocycles. The molecule has 0 aromatic rings. The Labute approximate surface area is 127 Å². The van der Waals surface area contributed by atoms with E-state index in [0.29, 0.717) is 0 Å². The number of carbonyl (C=O) groups is 2. The molecule has 21 heavy (non-hydrogen) atoms. The van der Waals surface area contributed by atoms with Gasteiger partial charge >= 0.3 is 0 Å². The Morgan fingerprint density at radius 1 is 1.19 bits per heavy atom. The van der Waals surface area contributed by atoms with Gasteiger partial charge in [-0.15, -0.1) is 0 Å². The lowest BCUT2D eigenvalue weighted by Crippen LogP contribution is -2.72. The molecule has 2 amide bonds. The van der Waals surface area contributed by atoms with E-state index in [1.807, 2.05) is 4.90 Å². The minimum absolute atomic E-state index is 0.0554. The summed E-state index contributed by atoms with van der Waals surface area (Å²) in [6.45, 7) is 6.92. The van der Waals surface area contributed by atoms with E-state index in [2.05, 4.69) is 26.1 Å². The molecular formula is C17H28N2O2. The Morgan fingerprint density at radius 3 is 2.33 bits per heavy atom. The first-order chi connectivity index (χ1) is 9.83. The van der Waals surface area contributed by atoms with Gasteiger partial charge in [0.15, 0.2) is 0 Å². The van der Waals surface area contributed by atoms with Crippen LogP contribution in [0.2, 0.25) is 0 Å². The number of amides is 2. The summed E-state index contributed by atoms with van der Waals surface area (Å²) in [6.07, 6.45) is 7.36. The first-order valence-electron chi connectivity index (χ1n) is 8.47. The van der Waals surface area contributed by atoms with Crippen LogP contribution < -0.4 is 5.32 Å². The zero-order chi connectivity index (χ0) is 15.3. The van der Waals surface area contributed by atoms with E-state index in [0.717, 1.165) is 44.6 Å². The van der Waals surface area contributed by atoms with Crippen LogP contribution in [-0.4, -0.2) is 34.8 Å². The lowest BCUT2D eigenvalue weighted by molar-refractivity contribution is -0.159. The molecule has 2 aliphatic carbocycles. The van der Waals surface area contributed by atoms with Crippen LogP contribution in [0, 0.1) is 11.3 Å². The number of nitrogens with one attached hydrogen (secondary N) is 1. The molecule has 0 aromatic heterocycles. The second-order valence-corrected chi connectivity index (χ2v) is 8.28. The third-order valence-electron chi connectivity index (χ3n) is 5.35. The van der Waals surface area contributed by atoms with Crippen LogP contribution in [0.3, 0.4) is 0 Å². The van der Waals surface area contributed by atoms with Crippen molar-refractivity contribution >= 4 is 11.8 Å². The molecule has 4 nitrogen and oxygen atoms in total. The van der Waals surface area contributed by atoms with Gasteiger partial charge in [0.1, 0.15) is 11.6 Å². The van der Waals surface area contributed by atoms with Crippen LogP contribution >= 0.6 is 0 Å². The van der Waals surface area contributed by atoms with Gasteiger partial charge in [-0.25, -0.2) is 0 Å². The Balaban J connectivity index is 1.85. The van der Waals surface area contributed by atoms with Gasteiger partial charge in [-0.1, -0.05) is 46.5 Å². The fourth-order valence-electron chi connectivity index (χ4n) is 4.03. The van der Waals surface area contributed by atoms with Crippen molar-refractivity contribution in [1.29, 1.82) is 0 Å². The van der Waals surface area contributed by atoms with Gasteiger partial charge < -0.3 is 10.2 Å². The fourth-order valence-corrected chi connectivity index (χ4v) is 4.03. The Morgan fingerprint density at radius 2 is 1.81 bits per heavy atom. The highest BCUT2D eigenvalue weighted by atomic mass is 16.2. The molecule has 1 unspecified atom stereocenters. The van der Waals surface area contributed by atoms with Gasteiger partial charge in [0, 0.05) is 6.54 Å². The van der Waals surface area contributed by atoms with E-state index in [9.17, 15) is 9.59 Å². The lowest BCUT2D eigenvalue weighted by atomic mass is 9.80. The molecular weight excluding hydrogens is 264 g/mol. The quantitative estimate of drug-likeness (QED) is 0.868. The Kier molecular flexibility index (Phi) is 3.53. The van der Waals surface area contributed by atoms with Crippen molar-refractivity contribution in [3.63, 3.8) is 0 Å². The third kappa shape index (κ3) is 2.69. The molecule has 1 aliphatic heterocycles. The smallest absolute Gasteiger partial charge is 0.249 e. The van der Waals surface area contributed by atoms with Crippen LogP contribution in [0.4, 0.5) is 0 Å². The summed E-state index contributed by atoms with van der Waals surface area (Å²) in [5.74, 6) is 1.02. The molecule has 3 aliphatic rings. The van der Waals surface area contributed by atoms with Crippen LogP contribution in [0.15, 0.2) is 0 Å². The van der Waals surface area contributed by atoms with Crippen molar-refractivity contribution in [3.8, 4) is 0 Å². The van der Waals surface area contributed by atoms with Crippen LogP contribution in [0.25, 0.3) is 0 Å². The molecule has 3 rings (SSSR count). The van der Waals surface area contributed by atoms with E-state index < -0.39 is 5.54 Å². The predicted molar refractivity (Wildman–Crippen MR) is 81.6 cm³/mol. The number of rotatable bonds is 3. The second-order valence-electron chi connectivity index (χ2n) is 8.28. The van der Waals surface area contributed by atoms with Crippen molar-refractivity contribution < 1.29 is 9.59 Å². The second kappa shape index (κ2) is 4.99. The Bertz CT molecular complexity index is 442. The van der Waals surface area contributed by atoms with Crippen molar-refractivity contribution in [2.75, 3.05) is 6.54 Å². The first kappa shape index (κ1) is 14.9. The molecule has 3 fully saturated rings. The highest BCUT2D eigenvalue weighted by Gasteiger charge is 2.54. The van der Waals surface area contributed by atoms with Gasteiger partial charge in [-0.05, 0) is 30.6 Å². The topological polar surface area (TPSA) is 49.4 Å². The van der Waals surface area contributed by atoms with Gasteiger partial charge in [0.2, 0.25) is 11.8 Å². The van der Waals surface area contributed by atoms with Crippen LogP contribution in [0.5, 0.6) is 0 Å². The molecule has 2 saturated carbocycles. The van der Waals surface area contributed by atoms with Gasteiger partial charge in [0.25, 0.3) is 0 Å². The highest BCUT2D eigenvalue weighted by molar-refractivity contribution is 6.00. The maximum absolute atomic E-state index is 13.1. The third-order valence-corrected chi connectivity index (χ3v) is 5.35. The van der Waals surface area contributed by atoms with E-state index in [1.165, 1.54) is 12.8 Å². The number of hydrogen-bond acceptors (Lipinski definition) is 2. The number of carbonyl (C=O) groups excluding carboxylic acids is 2. The zero-order valence-corrected chi connectivity index (χ0v) is 13.6. The number of hydrogen-bond donors (Lipinski definition) is 1. The molecule has 4 heteroatoms. The van der Waals surface area contributed by atoms with Crippen molar-refractivity contribution in [3.05, 3.63) is 0 Å². The summed E-state index contributed by atoms with van der Waals surface area (Å²) in [7, 11) is 0.